The van der Waals surface area contributed by atoms with E-state index in [1.165, 1.54) is 5.56 Å². The van der Waals surface area contributed by atoms with E-state index in [9.17, 15) is 0 Å². The number of aromatic nitrogens is 5. The molecule has 5 nitrogen and oxygen atoms in total. The number of hydrogen-bond donors (Lipinski definition) is 0. The molecule has 0 N–H and O–H groups in total. The Labute approximate surface area is 424 Å². The molecule has 10 aromatic carbocycles. The zero-order chi connectivity index (χ0) is 48.5. The van der Waals surface area contributed by atoms with Crippen molar-refractivity contribution in [2.24, 2.45) is 0 Å². The summed E-state index contributed by atoms with van der Waals surface area (Å²) < 4.78 is 2.43. The van der Waals surface area contributed by atoms with Gasteiger partial charge in [-0.1, -0.05) is 212 Å². The molecule has 0 aliphatic carbocycles. The highest BCUT2D eigenvalue weighted by atomic mass is 15.0. The normalized spacial score (nSPS) is 11.3. The summed E-state index contributed by atoms with van der Waals surface area (Å²) in [7, 11) is 0. The standard InChI is InChI=1S/C68H45N5/c1-7-21-46(22-8-1)52-37-38-65-59(41-52)60-43-56(51-31-19-33-54(39-51)67-69-61(47-23-9-2-10-24-47)44-62(70-67)48-25-11-3-12-26-48)42-58(66(60)73(65)57-35-17-6-18-36-57)53-32-20-34-55(40-53)68-71-63(49-27-13-4-14-28-49)45-64(72-68)50-29-15-5-16-30-50/h1-45H. The molecule has 0 atom stereocenters. The molecule has 73 heavy (non-hydrogen) atoms. The van der Waals surface area contributed by atoms with Crippen LogP contribution in [0.25, 0.3) is 129 Å². The summed E-state index contributed by atoms with van der Waals surface area (Å²) in [6.07, 6.45) is 0. The SMILES string of the molecule is c1ccc(-c2ccc3c(c2)c2cc(-c4cccc(-c5nc(-c6ccccc6)cc(-c6ccccc6)n5)c4)cc(-c4cccc(-c5nc(-c6ccccc6)cc(-c6ccccc6)n5)c4)c2n3-c2ccccc2)cc1. The Morgan fingerprint density at radius 2 is 0.603 bits per heavy atom. The van der Waals surface area contributed by atoms with Crippen molar-refractivity contribution in [2.45, 2.75) is 0 Å². The third-order valence-corrected chi connectivity index (χ3v) is 13.6. The average molecular weight is 932 g/mol. The lowest BCUT2D eigenvalue weighted by Gasteiger charge is -2.15. The third-order valence-electron chi connectivity index (χ3n) is 13.6. The molecule has 0 bridgehead atoms. The number of nitrogens with zero attached hydrogens (tertiary/aromatic N) is 5. The van der Waals surface area contributed by atoms with Gasteiger partial charge in [-0.25, -0.2) is 19.9 Å². The molecule has 0 amide bonds. The summed E-state index contributed by atoms with van der Waals surface area (Å²) in [5, 5.41) is 2.30. The van der Waals surface area contributed by atoms with Gasteiger partial charge in [-0.3, -0.25) is 0 Å². The van der Waals surface area contributed by atoms with Crippen LogP contribution in [0.5, 0.6) is 0 Å². The first-order valence-corrected chi connectivity index (χ1v) is 24.6. The van der Waals surface area contributed by atoms with Gasteiger partial charge in [-0.2, -0.15) is 0 Å². The first kappa shape index (κ1) is 43.2. The topological polar surface area (TPSA) is 56.5 Å². The smallest absolute Gasteiger partial charge is 0.160 e. The van der Waals surface area contributed by atoms with Crippen LogP contribution in [0, 0.1) is 0 Å². The lowest BCUT2D eigenvalue weighted by Crippen LogP contribution is -1.98. The monoisotopic (exact) mass is 931 g/mol. The summed E-state index contributed by atoms with van der Waals surface area (Å²) in [6.45, 7) is 0. The maximum atomic E-state index is 5.26. The molecule has 0 aliphatic heterocycles. The second-order valence-corrected chi connectivity index (χ2v) is 18.2. The van der Waals surface area contributed by atoms with Crippen molar-refractivity contribution < 1.29 is 0 Å². The van der Waals surface area contributed by atoms with E-state index in [1.54, 1.807) is 0 Å². The van der Waals surface area contributed by atoms with E-state index in [0.29, 0.717) is 11.6 Å². The molecule has 5 heteroatoms. The molecule has 0 saturated carbocycles. The predicted molar refractivity (Wildman–Crippen MR) is 301 cm³/mol. The maximum Gasteiger partial charge on any atom is 0.160 e. The summed E-state index contributed by atoms with van der Waals surface area (Å²) in [4.78, 5) is 21.0. The van der Waals surface area contributed by atoms with Gasteiger partial charge in [0.2, 0.25) is 0 Å². The Bertz CT molecular complexity index is 3990. The molecule has 3 heterocycles. The highest BCUT2D eigenvalue weighted by Crippen LogP contribution is 2.44. The van der Waals surface area contributed by atoms with Gasteiger partial charge >= 0.3 is 0 Å². The van der Waals surface area contributed by atoms with Crippen LogP contribution in [0.1, 0.15) is 0 Å². The van der Waals surface area contributed by atoms with Crippen molar-refractivity contribution >= 4 is 21.8 Å². The van der Waals surface area contributed by atoms with Crippen LogP contribution in [-0.4, -0.2) is 24.5 Å². The number of para-hydroxylation sites is 1. The van der Waals surface area contributed by atoms with Crippen molar-refractivity contribution in [3.05, 3.63) is 273 Å². The Hall–Kier alpha value is -9.84. The van der Waals surface area contributed by atoms with Crippen LogP contribution in [0.15, 0.2) is 273 Å². The first-order valence-electron chi connectivity index (χ1n) is 24.6. The minimum absolute atomic E-state index is 0.658. The van der Waals surface area contributed by atoms with Gasteiger partial charge in [-0.05, 0) is 88.5 Å². The fraction of sp³-hybridized carbons (Fsp3) is 0. The molecule has 3 aromatic heterocycles. The second kappa shape index (κ2) is 18.8. The minimum atomic E-state index is 0.658. The lowest BCUT2D eigenvalue weighted by atomic mass is 9.93. The molecule has 342 valence electrons. The Morgan fingerprint density at radius 1 is 0.233 bits per heavy atom. The Balaban J connectivity index is 1.05. The van der Waals surface area contributed by atoms with Crippen LogP contribution < -0.4 is 0 Å². The highest BCUT2D eigenvalue weighted by Gasteiger charge is 2.21. The Kier molecular flexibility index (Phi) is 11.1. The van der Waals surface area contributed by atoms with Gasteiger partial charge in [0.1, 0.15) is 0 Å². The van der Waals surface area contributed by atoms with Crippen LogP contribution in [0.4, 0.5) is 0 Å². The second-order valence-electron chi connectivity index (χ2n) is 18.2. The molecule has 0 radical (unpaired) electrons. The van der Waals surface area contributed by atoms with E-state index in [1.807, 2.05) is 24.3 Å². The van der Waals surface area contributed by atoms with Crippen molar-refractivity contribution in [3.8, 4) is 107 Å². The van der Waals surface area contributed by atoms with E-state index < -0.39 is 0 Å². The number of benzene rings is 10. The summed E-state index contributed by atoms with van der Waals surface area (Å²) in [5.74, 6) is 1.32. The number of fused-ring (bicyclic) bond motifs is 3. The van der Waals surface area contributed by atoms with Crippen LogP contribution in [0.2, 0.25) is 0 Å². The maximum absolute atomic E-state index is 5.26. The van der Waals surface area contributed by atoms with Crippen molar-refractivity contribution in [3.63, 3.8) is 0 Å². The van der Waals surface area contributed by atoms with Gasteiger partial charge in [0.15, 0.2) is 11.6 Å². The molecular formula is C68H45N5. The number of rotatable bonds is 10. The molecule has 0 spiro atoms. The van der Waals surface area contributed by atoms with Gasteiger partial charge in [0.25, 0.3) is 0 Å². The third kappa shape index (κ3) is 8.45. The molecule has 0 saturated heterocycles. The quantitative estimate of drug-likeness (QED) is 0.137. The van der Waals surface area contributed by atoms with Gasteiger partial charge < -0.3 is 4.57 Å². The van der Waals surface area contributed by atoms with Crippen LogP contribution in [-0.2, 0) is 0 Å². The van der Waals surface area contributed by atoms with Crippen molar-refractivity contribution in [2.75, 3.05) is 0 Å². The average Bonchev–Trinajstić information content (AvgIpc) is 3.82. The fourth-order valence-corrected chi connectivity index (χ4v) is 10.0. The minimum Gasteiger partial charge on any atom is -0.309 e. The lowest BCUT2D eigenvalue weighted by molar-refractivity contribution is 1.18. The van der Waals surface area contributed by atoms with Crippen molar-refractivity contribution in [1.82, 2.24) is 24.5 Å². The zero-order valence-electron chi connectivity index (χ0n) is 39.7. The fourth-order valence-electron chi connectivity index (χ4n) is 10.0. The van der Waals surface area contributed by atoms with E-state index >= 15 is 0 Å². The van der Waals surface area contributed by atoms with Crippen LogP contribution >= 0.6 is 0 Å². The molecular weight excluding hydrogens is 887 g/mol. The summed E-state index contributed by atoms with van der Waals surface area (Å²) in [6, 6.07) is 95.9. The van der Waals surface area contributed by atoms with Crippen molar-refractivity contribution in [1.29, 1.82) is 0 Å². The van der Waals surface area contributed by atoms with Crippen LogP contribution in [0.3, 0.4) is 0 Å². The van der Waals surface area contributed by atoms with E-state index in [-0.39, 0.29) is 0 Å². The summed E-state index contributed by atoms with van der Waals surface area (Å²) in [5.41, 5.74) is 19.4. The first-order chi connectivity index (χ1) is 36.2. The van der Waals surface area contributed by atoms with Gasteiger partial charge in [-0.15, -0.1) is 0 Å². The zero-order valence-corrected chi connectivity index (χ0v) is 39.7. The van der Waals surface area contributed by atoms with Gasteiger partial charge in [0, 0.05) is 55.4 Å². The molecule has 0 unspecified atom stereocenters. The van der Waals surface area contributed by atoms with E-state index in [2.05, 4.69) is 253 Å². The van der Waals surface area contributed by atoms with E-state index in [4.69, 9.17) is 19.9 Å². The molecule has 0 fully saturated rings. The highest BCUT2D eigenvalue weighted by molar-refractivity contribution is 6.16. The number of hydrogen-bond acceptors (Lipinski definition) is 4. The molecule has 0 aliphatic rings. The Morgan fingerprint density at radius 3 is 1.08 bits per heavy atom. The summed E-state index contributed by atoms with van der Waals surface area (Å²) >= 11 is 0. The molecule has 13 rings (SSSR count). The predicted octanol–water partition coefficient (Wildman–Crippen LogP) is 17.4. The van der Waals surface area contributed by atoms with Gasteiger partial charge in [0.05, 0.1) is 33.8 Å². The van der Waals surface area contributed by atoms with E-state index in [0.717, 1.165) is 111 Å². The molecule has 13 aromatic rings. The largest absolute Gasteiger partial charge is 0.309 e.